The molecule has 1 aliphatic rings. The Balaban J connectivity index is 1.72. The largest absolute Gasteiger partial charge is 0.326 e. The van der Waals surface area contributed by atoms with Crippen LogP contribution in [0.2, 0.25) is 0 Å². The second kappa shape index (κ2) is 6.71. The Kier molecular flexibility index (Phi) is 4.97. The molecule has 0 bridgehead atoms. The second-order valence-corrected chi connectivity index (χ2v) is 5.53. The van der Waals surface area contributed by atoms with Crippen molar-refractivity contribution in [3.8, 4) is 0 Å². The molecule has 3 nitrogen and oxygen atoms in total. The van der Waals surface area contributed by atoms with Crippen LogP contribution < -0.4 is 10.6 Å². The van der Waals surface area contributed by atoms with Crippen molar-refractivity contribution in [2.24, 2.45) is 0 Å². The SMILES string of the molecule is Cc1ccc(NC(=O)CCNC2CCCC2)cc1C. The van der Waals surface area contributed by atoms with E-state index in [2.05, 4.69) is 24.5 Å². The van der Waals surface area contributed by atoms with Crippen LogP contribution in [0.15, 0.2) is 18.2 Å². The summed E-state index contributed by atoms with van der Waals surface area (Å²) in [5.41, 5.74) is 3.36. The Hall–Kier alpha value is -1.35. The van der Waals surface area contributed by atoms with Gasteiger partial charge in [0, 0.05) is 24.7 Å². The van der Waals surface area contributed by atoms with Gasteiger partial charge in [-0.3, -0.25) is 4.79 Å². The molecule has 2 rings (SSSR count). The van der Waals surface area contributed by atoms with Gasteiger partial charge in [0.1, 0.15) is 0 Å². The van der Waals surface area contributed by atoms with Crippen LogP contribution in [-0.4, -0.2) is 18.5 Å². The van der Waals surface area contributed by atoms with Crippen molar-refractivity contribution < 1.29 is 4.79 Å². The van der Waals surface area contributed by atoms with E-state index in [1.54, 1.807) is 0 Å². The molecule has 0 heterocycles. The smallest absolute Gasteiger partial charge is 0.225 e. The maximum atomic E-state index is 11.8. The van der Waals surface area contributed by atoms with Crippen molar-refractivity contribution in [3.63, 3.8) is 0 Å². The third-order valence-electron chi connectivity index (χ3n) is 3.93. The third-order valence-corrected chi connectivity index (χ3v) is 3.93. The van der Waals surface area contributed by atoms with Crippen LogP contribution in [0.3, 0.4) is 0 Å². The number of hydrogen-bond acceptors (Lipinski definition) is 2. The van der Waals surface area contributed by atoms with Gasteiger partial charge in [-0.2, -0.15) is 0 Å². The molecule has 0 aliphatic heterocycles. The molecule has 1 aromatic rings. The summed E-state index contributed by atoms with van der Waals surface area (Å²) in [5, 5.41) is 6.41. The number of carbonyl (C=O) groups is 1. The van der Waals surface area contributed by atoms with Gasteiger partial charge in [0.25, 0.3) is 0 Å². The molecule has 0 aromatic heterocycles. The Morgan fingerprint density at radius 3 is 2.63 bits per heavy atom. The highest BCUT2D eigenvalue weighted by molar-refractivity contribution is 5.90. The monoisotopic (exact) mass is 260 g/mol. The lowest BCUT2D eigenvalue weighted by Crippen LogP contribution is -2.29. The fourth-order valence-corrected chi connectivity index (χ4v) is 2.56. The topological polar surface area (TPSA) is 41.1 Å². The van der Waals surface area contributed by atoms with Crippen molar-refractivity contribution in [2.45, 2.75) is 52.0 Å². The zero-order valence-corrected chi connectivity index (χ0v) is 12.0. The lowest BCUT2D eigenvalue weighted by Gasteiger charge is -2.12. The number of carbonyl (C=O) groups excluding carboxylic acids is 1. The van der Waals surface area contributed by atoms with E-state index in [4.69, 9.17) is 0 Å². The maximum Gasteiger partial charge on any atom is 0.225 e. The predicted molar refractivity (Wildman–Crippen MR) is 79.4 cm³/mol. The van der Waals surface area contributed by atoms with E-state index < -0.39 is 0 Å². The second-order valence-electron chi connectivity index (χ2n) is 5.53. The first kappa shape index (κ1) is 14.1. The van der Waals surface area contributed by atoms with Gasteiger partial charge in [-0.05, 0) is 49.9 Å². The quantitative estimate of drug-likeness (QED) is 0.854. The van der Waals surface area contributed by atoms with E-state index in [0.717, 1.165) is 12.2 Å². The van der Waals surface area contributed by atoms with Crippen molar-refractivity contribution >= 4 is 11.6 Å². The first-order valence-electron chi connectivity index (χ1n) is 7.25. The molecule has 2 N–H and O–H groups in total. The molecule has 0 atom stereocenters. The van der Waals surface area contributed by atoms with Gasteiger partial charge >= 0.3 is 0 Å². The predicted octanol–water partition coefficient (Wildman–Crippen LogP) is 3.16. The molecular weight excluding hydrogens is 236 g/mol. The van der Waals surface area contributed by atoms with Crippen molar-refractivity contribution in [2.75, 3.05) is 11.9 Å². The Bertz CT molecular complexity index is 436. The van der Waals surface area contributed by atoms with Crippen molar-refractivity contribution in [3.05, 3.63) is 29.3 Å². The van der Waals surface area contributed by atoms with E-state index in [9.17, 15) is 4.79 Å². The number of aryl methyl sites for hydroxylation is 2. The summed E-state index contributed by atoms with van der Waals surface area (Å²) in [6.07, 6.45) is 5.72. The van der Waals surface area contributed by atoms with E-state index >= 15 is 0 Å². The minimum atomic E-state index is 0.0914. The summed E-state index contributed by atoms with van der Waals surface area (Å²) in [7, 11) is 0. The fourth-order valence-electron chi connectivity index (χ4n) is 2.56. The summed E-state index contributed by atoms with van der Waals surface area (Å²) in [6.45, 7) is 4.92. The normalized spacial score (nSPS) is 15.7. The Morgan fingerprint density at radius 1 is 1.21 bits per heavy atom. The molecule has 3 heteroatoms. The molecule has 0 radical (unpaired) electrons. The third kappa shape index (κ3) is 4.35. The molecule has 0 unspecified atom stereocenters. The van der Waals surface area contributed by atoms with Crippen LogP contribution in [0.25, 0.3) is 0 Å². The zero-order valence-electron chi connectivity index (χ0n) is 12.0. The van der Waals surface area contributed by atoms with Crippen molar-refractivity contribution in [1.29, 1.82) is 0 Å². The van der Waals surface area contributed by atoms with Gasteiger partial charge in [0.2, 0.25) is 5.91 Å². The molecule has 1 fully saturated rings. The molecule has 1 aliphatic carbocycles. The minimum absolute atomic E-state index is 0.0914. The highest BCUT2D eigenvalue weighted by atomic mass is 16.1. The van der Waals surface area contributed by atoms with E-state index in [0.29, 0.717) is 12.5 Å². The first-order valence-corrected chi connectivity index (χ1v) is 7.25. The minimum Gasteiger partial charge on any atom is -0.326 e. The molecular formula is C16H24N2O. The van der Waals surface area contributed by atoms with E-state index in [1.807, 2.05) is 18.2 Å². The molecule has 19 heavy (non-hydrogen) atoms. The number of hydrogen-bond donors (Lipinski definition) is 2. The van der Waals surface area contributed by atoms with Gasteiger partial charge in [0.15, 0.2) is 0 Å². The molecule has 1 saturated carbocycles. The lowest BCUT2D eigenvalue weighted by atomic mass is 10.1. The number of anilines is 1. The van der Waals surface area contributed by atoms with Crippen LogP contribution in [0, 0.1) is 13.8 Å². The average molecular weight is 260 g/mol. The Labute approximate surface area is 115 Å². The van der Waals surface area contributed by atoms with Crippen LogP contribution >= 0.6 is 0 Å². The van der Waals surface area contributed by atoms with Gasteiger partial charge in [-0.25, -0.2) is 0 Å². The van der Waals surface area contributed by atoms with Gasteiger partial charge in [0.05, 0.1) is 0 Å². The van der Waals surface area contributed by atoms with E-state index in [1.165, 1.54) is 36.8 Å². The van der Waals surface area contributed by atoms with Crippen LogP contribution in [-0.2, 0) is 4.79 Å². The summed E-state index contributed by atoms with van der Waals surface area (Å²) in [5.74, 6) is 0.0914. The van der Waals surface area contributed by atoms with Gasteiger partial charge in [-0.15, -0.1) is 0 Å². The van der Waals surface area contributed by atoms with Crippen molar-refractivity contribution in [1.82, 2.24) is 5.32 Å². The van der Waals surface area contributed by atoms with E-state index in [-0.39, 0.29) is 5.91 Å². The molecule has 1 aromatic carbocycles. The first-order chi connectivity index (χ1) is 9.15. The number of benzene rings is 1. The number of rotatable bonds is 5. The molecule has 1 amide bonds. The molecule has 0 saturated heterocycles. The molecule has 104 valence electrons. The number of nitrogens with one attached hydrogen (secondary N) is 2. The summed E-state index contributed by atoms with van der Waals surface area (Å²) >= 11 is 0. The fraction of sp³-hybridized carbons (Fsp3) is 0.562. The summed E-state index contributed by atoms with van der Waals surface area (Å²) < 4.78 is 0. The van der Waals surface area contributed by atoms with Gasteiger partial charge < -0.3 is 10.6 Å². The Morgan fingerprint density at radius 2 is 1.95 bits per heavy atom. The van der Waals surface area contributed by atoms with Crippen LogP contribution in [0.4, 0.5) is 5.69 Å². The van der Waals surface area contributed by atoms with Crippen LogP contribution in [0.1, 0.15) is 43.2 Å². The summed E-state index contributed by atoms with van der Waals surface area (Å²) in [4.78, 5) is 11.8. The maximum absolute atomic E-state index is 11.8. The lowest BCUT2D eigenvalue weighted by molar-refractivity contribution is -0.116. The van der Waals surface area contributed by atoms with Crippen LogP contribution in [0.5, 0.6) is 0 Å². The highest BCUT2D eigenvalue weighted by Gasteiger charge is 2.14. The molecule has 0 spiro atoms. The number of amides is 1. The van der Waals surface area contributed by atoms with Gasteiger partial charge in [-0.1, -0.05) is 18.9 Å². The standard InChI is InChI=1S/C16H24N2O/c1-12-7-8-15(11-13(12)2)18-16(19)9-10-17-14-5-3-4-6-14/h7-8,11,14,17H,3-6,9-10H2,1-2H3,(H,18,19). The summed E-state index contributed by atoms with van der Waals surface area (Å²) in [6, 6.07) is 6.67. The highest BCUT2D eigenvalue weighted by Crippen LogP contribution is 2.17. The average Bonchev–Trinajstić information content (AvgIpc) is 2.87. The zero-order chi connectivity index (χ0) is 13.7.